The van der Waals surface area contributed by atoms with E-state index in [0.717, 1.165) is 23.1 Å². The Hall–Kier alpha value is -1.45. The first-order valence-corrected chi connectivity index (χ1v) is 6.38. The zero-order valence-electron chi connectivity index (χ0n) is 11.0. The summed E-state index contributed by atoms with van der Waals surface area (Å²) in [6.07, 6.45) is 0.560. The second kappa shape index (κ2) is 5.46. The maximum absolute atomic E-state index is 10.3. The average molecular weight is 244 g/mol. The molecule has 1 aromatic carbocycles. The zero-order chi connectivity index (χ0) is 13.0. The third-order valence-corrected chi connectivity index (χ3v) is 2.97. The van der Waals surface area contributed by atoms with Crippen LogP contribution in [0, 0.1) is 0 Å². The maximum atomic E-state index is 10.3. The molecule has 0 aliphatic rings. The number of nitrogens with one attached hydrogen (secondary N) is 1. The van der Waals surface area contributed by atoms with Crippen molar-refractivity contribution in [1.29, 1.82) is 0 Å². The molecule has 0 aliphatic heterocycles. The van der Waals surface area contributed by atoms with E-state index in [4.69, 9.17) is 0 Å². The largest absolute Gasteiger partial charge is 0.388 e. The Kier molecular flexibility index (Phi) is 3.94. The number of nitrogens with zero attached hydrogens (tertiary/aromatic N) is 1. The van der Waals surface area contributed by atoms with Crippen molar-refractivity contribution >= 4 is 10.9 Å². The van der Waals surface area contributed by atoms with Gasteiger partial charge in [0.25, 0.3) is 0 Å². The number of para-hydroxylation sites is 1. The molecule has 0 saturated carbocycles. The smallest absolute Gasteiger partial charge is 0.0798 e. The van der Waals surface area contributed by atoms with E-state index < -0.39 is 5.60 Å². The van der Waals surface area contributed by atoms with Gasteiger partial charge in [0.05, 0.1) is 11.1 Å². The number of aliphatic hydroxyl groups is 1. The molecule has 0 fully saturated rings. The van der Waals surface area contributed by atoms with Gasteiger partial charge < -0.3 is 10.4 Å². The lowest BCUT2D eigenvalue weighted by Crippen LogP contribution is -2.39. The maximum Gasteiger partial charge on any atom is 0.0798 e. The number of fused-ring (bicyclic) bond motifs is 1. The van der Waals surface area contributed by atoms with Crippen molar-refractivity contribution in [2.24, 2.45) is 0 Å². The lowest BCUT2D eigenvalue weighted by molar-refractivity contribution is 0.0598. The highest BCUT2D eigenvalue weighted by atomic mass is 16.3. The van der Waals surface area contributed by atoms with Crippen molar-refractivity contribution in [3.05, 3.63) is 42.1 Å². The summed E-state index contributed by atoms with van der Waals surface area (Å²) in [4.78, 5) is 4.58. The van der Waals surface area contributed by atoms with Crippen molar-refractivity contribution in [2.45, 2.75) is 25.9 Å². The van der Waals surface area contributed by atoms with Gasteiger partial charge in [-0.2, -0.15) is 0 Å². The van der Waals surface area contributed by atoms with Gasteiger partial charge in [-0.05, 0) is 25.6 Å². The molecule has 1 aromatic heterocycles. The minimum absolute atomic E-state index is 0.560. The van der Waals surface area contributed by atoms with Crippen LogP contribution in [0.3, 0.4) is 0 Å². The number of hydrogen-bond acceptors (Lipinski definition) is 3. The second-order valence-corrected chi connectivity index (χ2v) is 4.95. The van der Waals surface area contributed by atoms with E-state index in [1.165, 1.54) is 0 Å². The van der Waals surface area contributed by atoms with Crippen molar-refractivity contribution in [3.63, 3.8) is 0 Å². The molecule has 0 saturated heterocycles. The predicted molar refractivity (Wildman–Crippen MR) is 74.6 cm³/mol. The summed E-state index contributed by atoms with van der Waals surface area (Å²) < 4.78 is 0. The number of hydrogen-bond donors (Lipinski definition) is 2. The van der Waals surface area contributed by atoms with Crippen LogP contribution in [-0.4, -0.2) is 28.8 Å². The van der Waals surface area contributed by atoms with E-state index in [1.807, 2.05) is 44.2 Å². The van der Waals surface area contributed by atoms with Crippen LogP contribution in [0.15, 0.2) is 36.4 Å². The van der Waals surface area contributed by atoms with Gasteiger partial charge in [0.15, 0.2) is 0 Å². The van der Waals surface area contributed by atoms with Crippen molar-refractivity contribution < 1.29 is 5.11 Å². The molecule has 1 heterocycles. The van der Waals surface area contributed by atoms with Crippen LogP contribution in [0.2, 0.25) is 0 Å². The molecule has 3 heteroatoms. The lowest BCUT2D eigenvalue weighted by Gasteiger charge is -2.23. The average Bonchev–Trinajstić information content (AvgIpc) is 2.36. The number of benzene rings is 1. The van der Waals surface area contributed by atoms with Gasteiger partial charge >= 0.3 is 0 Å². The van der Waals surface area contributed by atoms with E-state index in [-0.39, 0.29) is 0 Å². The summed E-state index contributed by atoms with van der Waals surface area (Å²) in [6.45, 7) is 5.32. The summed E-state index contributed by atoms with van der Waals surface area (Å²) in [5.74, 6) is 0. The van der Waals surface area contributed by atoms with Gasteiger partial charge in [0.1, 0.15) is 0 Å². The van der Waals surface area contributed by atoms with E-state index in [0.29, 0.717) is 13.0 Å². The monoisotopic (exact) mass is 244 g/mol. The summed E-state index contributed by atoms with van der Waals surface area (Å²) >= 11 is 0. The Balaban J connectivity index is 2.16. The van der Waals surface area contributed by atoms with Gasteiger partial charge in [0, 0.05) is 24.0 Å². The molecule has 2 rings (SSSR count). The zero-order valence-corrected chi connectivity index (χ0v) is 11.0. The summed E-state index contributed by atoms with van der Waals surface area (Å²) in [5.41, 5.74) is 1.15. The molecular weight excluding hydrogens is 224 g/mol. The molecule has 3 nitrogen and oxygen atoms in total. The highest BCUT2D eigenvalue weighted by Gasteiger charge is 2.20. The molecule has 18 heavy (non-hydrogen) atoms. The van der Waals surface area contributed by atoms with Crippen LogP contribution in [0.5, 0.6) is 0 Å². The third kappa shape index (κ3) is 3.28. The Morgan fingerprint density at radius 3 is 2.78 bits per heavy atom. The Morgan fingerprint density at radius 1 is 1.22 bits per heavy atom. The van der Waals surface area contributed by atoms with Crippen molar-refractivity contribution in [1.82, 2.24) is 10.3 Å². The molecule has 0 bridgehead atoms. The van der Waals surface area contributed by atoms with Crippen LogP contribution < -0.4 is 5.32 Å². The molecule has 0 aliphatic carbocycles. The van der Waals surface area contributed by atoms with Crippen molar-refractivity contribution in [3.8, 4) is 0 Å². The fraction of sp³-hybridized carbons (Fsp3) is 0.400. The predicted octanol–water partition coefficient (Wildman–Crippen LogP) is 2.14. The first-order chi connectivity index (χ1) is 8.61. The molecule has 1 atom stereocenters. The second-order valence-electron chi connectivity index (χ2n) is 4.95. The van der Waals surface area contributed by atoms with Crippen LogP contribution in [0.4, 0.5) is 0 Å². The van der Waals surface area contributed by atoms with Crippen LogP contribution >= 0.6 is 0 Å². The fourth-order valence-electron chi connectivity index (χ4n) is 2.05. The fourth-order valence-corrected chi connectivity index (χ4v) is 2.05. The molecule has 2 N–H and O–H groups in total. The van der Waals surface area contributed by atoms with Crippen LogP contribution in [-0.2, 0) is 6.42 Å². The van der Waals surface area contributed by atoms with E-state index in [9.17, 15) is 5.11 Å². The van der Waals surface area contributed by atoms with Gasteiger partial charge in [0.2, 0.25) is 0 Å². The van der Waals surface area contributed by atoms with Crippen LogP contribution in [0.1, 0.15) is 19.5 Å². The number of likely N-dealkylation sites (N-methyl/N-ethyl adjacent to an activating group) is 1. The molecule has 0 radical (unpaired) electrons. The normalized spacial score (nSPS) is 14.6. The molecule has 2 aromatic rings. The quantitative estimate of drug-likeness (QED) is 0.847. The SMILES string of the molecule is CCNCC(C)(O)Cc1ccc2ccccc2n1. The van der Waals surface area contributed by atoms with Crippen molar-refractivity contribution in [2.75, 3.05) is 13.1 Å². The summed E-state index contributed by atoms with van der Waals surface area (Å²) in [7, 11) is 0. The van der Waals surface area contributed by atoms with Gasteiger partial charge in [-0.25, -0.2) is 0 Å². The number of pyridine rings is 1. The van der Waals surface area contributed by atoms with Gasteiger partial charge in [-0.15, -0.1) is 0 Å². The Morgan fingerprint density at radius 2 is 2.00 bits per heavy atom. The molecular formula is C15H20N2O. The minimum Gasteiger partial charge on any atom is -0.388 e. The summed E-state index contributed by atoms with van der Waals surface area (Å²) in [6, 6.07) is 12.1. The number of rotatable bonds is 5. The first-order valence-electron chi connectivity index (χ1n) is 6.38. The van der Waals surface area contributed by atoms with Gasteiger partial charge in [-0.1, -0.05) is 31.2 Å². The topological polar surface area (TPSA) is 45.1 Å². The van der Waals surface area contributed by atoms with E-state index in [2.05, 4.69) is 16.4 Å². The minimum atomic E-state index is -0.758. The Bertz CT molecular complexity index is 523. The van der Waals surface area contributed by atoms with E-state index >= 15 is 0 Å². The molecule has 0 spiro atoms. The molecule has 0 amide bonds. The first kappa shape index (κ1) is 13.0. The standard InChI is InChI=1S/C15H20N2O/c1-3-16-11-15(2,18)10-13-9-8-12-6-4-5-7-14(12)17-13/h4-9,16,18H,3,10-11H2,1-2H3. The van der Waals surface area contributed by atoms with Gasteiger partial charge in [-0.3, -0.25) is 4.98 Å². The van der Waals surface area contributed by atoms with E-state index in [1.54, 1.807) is 0 Å². The molecule has 1 unspecified atom stereocenters. The highest BCUT2D eigenvalue weighted by molar-refractivity contribution is 5.78. The Labute approximate surface area is 108 Å². The third-order valence-electron chi connectivity index (χ3n) is 2.97. The highest BCUT2D eigenvalue weighted by Crippen LogP contribution is 2.15. The summed E-state index contributed by atoms with van der Waals surface area (Å²) in [5, 5.41) is 14.6. The lowest BCUT2D eigenvalue weighted by atomic mass is 9.99. The molecule has 96 valence electrons. The van der Waals surface area contributed by atoms with Crippen LogP contribution in [0.25, 0.3) is 10.9 Å². The number of aromatic nitrogens is 1.